The first-order valence-electron chi connectivity index (χ1n) is 14.0. The van der Waals surface area contributed by atoms with Gasteiger partial charge >= 0.3 is 6.18 Å². The van der Waals surface area contributed by atoms with Gasteiger partial charge in [-0.15, -0.1) is 0 Å². The summed E-state index contributed by atoms with van der Waals surface area (Å²) in [5.41, 5.74) is 2.89. The highest BCUT2D eigenvalue weighted by Gasteiger charge is 2.47. The monoisotopic (exact) mass is 594 g/mol. The number of amides is 1. The summed E-state index contributed by atoms with van der Waals surface area (Å²) in [5.74, 6) is -0.261. The van der Waals surface area contributed by atoms with Crippen LogP contribution in [0.25, 0.3) is 0 Å². The van der Waals surface area contributed by atoms with E-state index >= 15 is 0 Å². The number of rotatable bonds is 6. The SMILES string of the molecule is O=C(c1cnn2c1NC(c1ccc(Cl)cc1)CC2C(F)(F)F)N1CCC(OC(c2ccccc2)c2ccccc2)CC1. The van der Waals surface area contributed by atoms with Crippen LogP contribution in [0.4, 0.5) is 19.0 Å². The molecule has 1 N–H and O–H groups in total. The lowest BCUT2D eigenvalue weighted by Gasteiger charge is -2.36. The van der Waals surface area contributed by atoms with Crippen molar-refractivity contribution in [3.63, 3.8) is 0 Å². The van der Waals surface area contributed by atoms with Crippen LogP contribution in [0, 0.1) is 0 Å². The standard InChI is InChI=1S/C32H30ClF3N4O2/c33-24-13-11-21(12-14-24)27-19-28(32(34,35)36)40-30(38-27)26(20-37-40)31(41)39-17-15-25(16-18-39)42-29(22-7-3-1-4-8-22)23-9-5-2-6-10-23/h1-14,20,25,27-29,38H,15-19H2. The van der Waals surface area contributed by atoms with E-state index in [1.807, 2.05) is 60.7 Å². The molecule has 4 aromatic rings. The Hall–Kier alpha value is -3.82. The first-order valence-corrected chi connectivity index (χ1v) is 14.4. The maximum atomic E-state index is 14.1. The summed E-state index contributed by atoms with van der Waals surface area (Å²) in [5, 5.41) is 7.68. The van der Waals surface area contributed by atoms with Crippen molar-refractivity contribution in [2.45, 2.75) is 49.7 Å². The Morgan fingerprint density at radius 1 is 0.929 bits per heavy atom. The van der Waals surface area contributed by atoms with Gasteiger partial charge < -0.3 is 15.0 Å². The molecule has 2 aliphatic heterocycles. The van der Waals surface area contributed by atoms with E-state index in [-0.39, 0.29) is 35.9 Å². The number of benzene rings is 3. The third-order valence-corrected chi connectivity index (χ3v) is 8.26. The molecular weight excluding hydrogens is 565 g/mol. The second-order valence-electron chi connectivity index (χ2n) is 10.7. The van der Waals surface area contributed by atoms with Gasteiger partial charge in [-0.05, 0) is 41.7 Å². The van der Waals surface area contributed by atoms with Gasteiger partial charge in [-0.1, -0.05) is 84.4 Å². The lowest BCUT2D eigenvalue weighted by Crippen LogP contribution is -2.42. The van der Waals surface area contributed by atoms with E-state index < -0.39 is 18.3 Å². The number of piperidine rings is 1. The smallest absolute Gasteiger partial charge is 0.365 e. The fraction of sp³-hybridized carbons (Fsp3) is 0.312. The fourth-order valence-electron chi connectivity index (χ4n) is 5.80. The normalized spacial score (nSPS) is 19.4. The van der Waals surface area contributed by atoms with Gasteiger partial charge in [-0.3, -0.25) is 4.79 Å². The number of hydrogen-bond donors (Lipinski definition) is 1. The van der Waals surface area contributed by atoms with E-state index in [9.17, 15) is 18.0 Å². The zero-order valence-electron chi connectivity index (χ0n) is 22.7. The number of carbonyl (C=O) groups excluding carboxylic acids is 1. The van der Waals surface area contributed by atoms with Crippen molar-refractivity contribution in [1.29, 1.82) is 0 Å². The molecule has 0 spiro atoms. The number of ether oxygens (including phenoxy) is 1. The van der Waals surface area contributed by atoms with Crippen LogP contribution in [0.15, 0.2) is 91.1 Å². The molecular formula is C32H30ClF3N4O2. The average Bonchev–Trinajstić information content (AvgIpc) is 3.44. The Kier molecular flexibility index (Phi) is 7.96. The minimum Gasteiger partial charge on any atom is -0.365 e. The van der Waals surface area contributed by atoms with Gasteiger partial charge in [-0.25, -0.2) is 4.68 Å². The van der Waals surface area contributed by atoms with E-state index in [2.05, 4.69) is 10.4 Å². The Labute approximate surface area is 247 Å². The van der Waals surface area contributed by atoms with Crippen molar-refractivity contribution in [3.05, 3.63) is 118 Å². The Balaban J connectivity index is 1.18. The number of halogens is 4. The molecule has 1 fully saturated rings. The number of likely N-dealkylation sites (tertiary alicyclic amines) is 1. The van der Waals surface area contributed by atoms with Crippen molar-refractivity contribution in [1.82, 2.24) is 14.7 Å². The van der Waals surface area contributed by atoms with E-state index in [0.29, 0.717) is 36.5 Å². The zero-order valence-corrected chi connectivity index (χ0v) is 23.4. The molecule has 3 heterocycles. The highest BCUT2D eigenvalue weighted by molar-refractivity contribution is 6.30. The first kappa shape index (κ1) is 28.3. The van der Waals surface area contributed by atoms with Crippen LogP contribution in [0.5, 0.6) is 0 Å². The Bertz CT molecular complexity index is 1470. The van der Waals surface area contributed by atoms with Gasteiger partial charge in [0, 0.05) is 24.5 Å². The minimum absolute atomic E-state index is 0.0810. The molecule has 0 bridgehead atoms. The van der Waals surface area contributed by atoms with Crippen molar-refractivity contribution >= 4 is 23.3 Å². The van der Waals surface area contributed by atoms with Crippen molar-refractivity contribution in [2.75, 3.05) is 18.4 Å². The number of anilines is 1. The minimum atomic E-state index is -4.53. The lowest BCUT2D eigenvalue weighted by molar-refractivity contribution is -0.173. The second kappa shape index (κ2) is 11.8. The van der Waals surface area contributed by atoms with E-state index in [1.54, 1.807) is 29.2 Å². The van der Waals surface area contributed by atoms with Crippen LogP contribution < -0.4 is 5.32 Å². The maximum absolute atomic E-state index is 14.1. The van der Waals surface area contributed by atoms with E-state index in [4.69, 9.17) is 16.3 Å². The van der Waals surface area contributed by atoms with E-state index in [0.717, 1.165) is 15.8 Å². The summed E-state index contributed by atoms with van der Waals surface area (Å²) >= 11 is 5.99. The summed E-state index contributed by atoms with van der Waals surface area (Å²) in [7, 11) is 0. The van der Waals surface area contributed by atoms with Gasteiger partial charge in [0.15, 0.2) is 6.04 Å². The molecule has 10 heteroatoms. The number of nitrogens with zero attached hydrogens (tertiary/aromatic N) is 3. The third-order valence-electron chi connectivity index (χ3n) is 8.00. The van der Waals surface area contributed by atoms with Crippen molar-refractivity contribution < 1.29 is 22.7 Å². The van der Waals surface area contributed by atoms with Crippen LogP contribution in [0.2, 0.25) is 5.02 Å². The molecule has 218 valence electrons. The summed E-state index contributed by atoms with van der Waals surface area (Å²) in [6.45, 7) is 0.849. The highest BCUT2D eigenvalue weighted by atomic mass is 35.5. The molecule has 2 unspecified atom stereocenters. The highest BCUT2D eigenvalue weighted by Crippen LogP contribution is 2.44. The summed E-state index contributed by atoms with van der Waals surface area (Å²) in [4.78, 5) is 15.3. The van der Waals surface area contributed by atoms with Gasteiger partial charge in [0.1, 0.15) is 17.5 Å². The average molecular weight is 595 g/mol. The van der Waals surface area contributed by atoms with Gasteiger partial charge in [0.2, 0.25) is 0 Å². The summed E-state index contributed by atoms with van der Waals surface area (Å²) in [6.07, 6.45) is -2.64. The molecule has 0 saturated carbocycles. The quantitative estimate of drug-likeness (QED) is 0.250. The van der Waals surface area contributed by atoms with Crippen LogP contribution in [0.3, 0.4) is 0 Å². The topological polar surface area (TPSA) is 59.4 Å². The number of carbonyl (C=O) groups is 1. The summed E-state index contributed by atoms with van der Waals surface area (Å²) < 4.78 is 49.8. The Morgan fingerprint density at radius 2 is 1.52 bits per heavy atom. The number of fused-ring (bicyclic) bond motifs is 1. The van der Waals surface area contributed by atoms with Gasteiger partial charge in [-0.2, -0.15) is 18.3 Å². The van der Waals surface area contributed by atoms with Crippen LogP contribution in [-0.4, -0.2) is 46.0 Å². The lowest BCUT2D eigenvalue weighted by atomic mass is 9.96. The van der Waals surface area contributed by atoms with E-state index in [1.165, 1.54) is 6.20 Å². The molecule has 1 aromatic heterocycles. The first-order chi connectivity index (χ1) is 20.3. The molecule has 3 aromatic carbocycles. The zero-order chi connectivity index (χ0) is 29.3. The molecule has 0 radical (unpaired) electrons. The molecule has 42 heavy (non-hydrogen) atoms. The molecule has 1 saturated heterocycles. The second-order valence-corrected chi connectivity index (χ2v) is 11.2. The number of alkyl halides is 3. The largest absolute Gasteiger partial charge is 0.410 e. The van der Waals surface area contributed by atoms with Crippen molar-refractivity contribution in [2.24, 2.45) is 0 Å². The Morgan fingerprint density at radius 3 is 2.10 bits per heavy atom. The van der Waals surface area contributed by atoms with Crippen LogP contribution in [-0.2, 0) is 4.74 Å². The maximum Gasteiger partial charge on any atom is 0.410 e. The number of hydrogen-bond acceptors (Lipinski definition) is 4. The molecule has 6 rings (SSSR count). The predicted molar refractivity (Wildman–Crippen MR) is 154 cm³/mol. The number of nitrogens with one attached hydrogen (secondary N) is 1. The van der Waals surface area contributed by atoms with Gasteiger partial charge in [0.05, 0.1) is 18.3 Å². The van der Waals surface area contributed by atoms with Gasteiger partial charge in [0.25, 0.3) is 5.91 Å². The summed E-state index contributed by atoms with van der Waals surface area (Å²) in [6, 6.07) is 24.2. The molecule has 2 atom stereocenters. The van der Waals surface area contributed by atoms with Crippen molar-refractivity contribution in [3.8, 4) is 0 Å². The fourth-order valence-corrected chi connectivity index (χ4v) is 5.92. The molecule has 2 aliphatic rings. The molecule has 1 amide bonds. The number of aromatic nitrogens is 2. The third kappa shape index (κ3) is 5.89. The molecule has 6 nitrogen and oxygen atoms in total. The van der Waals surface area contributed by atoms with Crippen LogP contribution in [0.1, 0.15) is 64.5 Å². The molecule has 0 aliphatic carbocycles. The van der Waals surface area contributed by atoms with Crippen LogP contribution >= 0.6 is 11.6 Å². The predicted octanol–water partition coefficient (Wildman–Crippen LogP) is 7.61.